The maximum atomic E-state index is 12.6. The molecule has 6 heteroatoms. The Hall–Kier alpha value is -1.75. The Kier molecular flexibility index (Phi) is 5.29. The number of carbonyl (C=O) groups is 2. The fourth-order valence-electron chi connectivity index (χ4n) is 2.74. The molecule has 3 amide bonds. The summed E-state index contributed by atoms with van der Waals surface area (Å²) in [6, 6.07) is 4.71. The largest absolute Gasteiger partial charge is 0.353 e. The van der Waals surface area contributed by atoms with Crippen LogP contribution in [0.2, 0.25) is 5.02 Å². The molecule has 1 aliphatic rings. The van der Waals surface area contributed by atoms with Crippen molar-refractivity contribution >= 4 is 29.2 Å². The molecular formula is C16H22ClN3O2. The second-order valence-electron chi connectivity index (χ2n) is 5.76. The standard InChI is InChI=1S/C16H22ClN3O2/c1-4-11-9-12(17)5-6-13(11)19-16(22)20-8-7-18-15(21)14(20)10(2)3/h5-6,9-10,14H,4,7-8H2,1-3H3,(H,18,21)(H,19,22)/t14-/m1/s1. The van der Waals surface area contributed by atoms with Crippen molar-refractivity contribution in [3.63, 3.8) is 0 Å². The van der Waals surface area contributed by atoms with Gasteiger partial charge in [-0.05, 0) is 36.1 Å². The molecule has 0 bridgehead atoms. The molecule has 1 heterocycles. The van der Waals surface area contributed by atoms with E-state index in [4.69, 9.17) is 11.6 Å². The van der Waals surface area contributed by atoms with Crippen molar-refractivity contribution in [2.45, 2.75) is 33.2 Å². The number of halogens is 1. The van der Waals surface area contributed by atoms with Crippen molar-refractivity contribution in [3.8, 4) is 0 Å². The number of rotatable bonds is 3. The van der Waals surface area contributed by atoms with Gasteiger partial charge in [0.05, 0.1) is 0 Å². The number of nitrogens with zero attached hydrogens (tertiary/aromatic N) is 1. The Morgan fingerprint density at radius 1 is 1.50 bits per heavy atom. The van der Waals surface area contributed by atoms with Gasteiger partial charge in [-0.2, -0.15) is 0 Å². The smallest absolute Gasteiger partial charge is 0.322 e. The summed E-state index contributed by atoms with van der Waals surface area (Å²) in [5, 5.41) is 6.37. The highest BCUT2D eigenvalue weighted by molar-refractivity contribution is 6.30. The van der Waals surface area contributed by atoms with Crippen molar-refractivity contribution in [1.82, 2.24) is 10.2 Å². The van der Waals surface area contributed by atoms with Gasteiger partial charge in [0.1, 0.15) is 6.04 Å². The molecule has 0 spiro atoms. The second-order valence-corrected chi connectivity index (χ2v) is 6.19. The van der Waals surface area contributed by atoms with E-state index in [0.717, 1.165) is 17.7 Å². The van der Waals surface area contributed by atoms with Crippen LogP contribution in [0.5, 0.6) is 0 Å². The van der Waals surface area contributed by atoms with Crippen LogP contribution in [0.3, 0.4) is 0 Å². The van der Waals surface area contributed by atoms with Gasteiger partial charge in [0.2, 0.25) is 5.91 Å². The number of urea groups is 1. The molecule has 1 fully saturated rings. The summed E-state index contributed by atoms with van der Waals surface area (Å²) in [5.41, 5.74) is 1.72. The quantitative estimate of drug-likeness (QED) is 0.898. The number of amides is 3. The Bertz CT molecular complexity index is 575. The van der Waals surface area contributed by atoms with E-state index in [9.17, 15) is 9.59 Å². The SMILES string of the molecule is CCc1cc(Cl)ccc1NC(=O)N1CCNC(=O)[C@H]1C(C)C. The van der Waals surface area contributed by atoms with Crippen molar-refractivity contribution in [3.05, 3.63) is 28.8 Å². The highest BCUT2D eigenvalue weighted by Gasteiger charge is 2.35. The lowest BCUT2D eigenvalue weighted by molar-refractivity contribution is -0.129. The minimum atomic E-state index is -0.439. The summed E-state index contributed by atoms with van der Waals surface area (Å²) in [7, 11) is 0. The van der Waals surface area contributed by atoms with Crippen molar-refractivity contribution in [2.24, 2.45) is 5.92 Å². The summed E-state index contributed by atoms with van der Waals surface area (Å²) < 4.78 is 0. The summed E-state index contributed by atoms with van der Waals surface area (Å²) >= 11 is 5.99. The van der Waals surface area contributed by atoms with E-state index in [2.05, 4.69) is 10.6 Å². The third-order valence-electron chi connectivity index (χ3n) is 3.84. The molecule has 0 aromatic heterocycles. The van der Waals surface area contributed by atoms with Crippen LogP contribution in [0.15, 0.2) is 18.2 Å². The number of benzene rings is 1. The van der Waals surface area contributed by atoms with Gasteiger partial charge in [-0.25, -0.2) is 4.79 Å². The molecule has 2 rings (SSSR count). The van der Waals surface area contributed by atoms with Gasteiger partial charge in [-0.1, -0.05) is 32.4 Å². The summed E-state index contributed by atoms with van der Waals surface area (Å²) in [4.78, 5) is 26.2. The number of anilines is 1. The first-order chi connectivity index (χ1) is 10.4. The van der Waals surface area contributed by atoms with Gasteiger partial charge in [0, 0.05) is 23.8 Å². The van der Waals surface area contributed by atoms with E-state index < -0.39 is 6.04 Å². The number of nitrogens with one attached hydrogen (secondary N) is 2. The minimum Gasteiger partial charge on any atom is -0.353 e. The first-order valence-corrected chi connectivity index (χ1v) is 7.95. The lowest BCUT2D eigenvalue weighted by Gasteiger charge is -2.37. The lowest BCUT2D eigenvalue weighted by atomic mass is 10.00. The van der Waals surface area contributed by atoms with Crippen LogP contribution in [-0.2, 0) is 11.2 Å². The number of hydrogen-bond acceptors (Lipinski definition) is 2. The Labute approximate surface area is 136 Å². The van der Waals surface area contributed by atoms with Crippen LogP contribution in [0, 0.1) is 5.92 Å². The first kappa shape index (κ1) is 16.6. The predicted molar refractivity (Wildman–Crippen MR) is 88.2 cm³/mol. The van der Waals surface area contributed by atoms with E-state index in [0.29, 0.717) is 18.1 Å². The number of carbonyl (C=O) groups excluding carboxylic acids is 2. The zero-order chi connectivity index (χ0) is 16.3. The number of piperazine rings is 1. The second kappa shape index (κ2) is 7.01. The molecular weight excluding hydrogens is 302 g/mol. The molecule has 1 aromatic carbocycles. The van der Waals surface area contributed by atoms with E-state index in [1.165, 1.54) is 0 Å². The van der Waals surface area contributed by atoms with Gasteiger partial charge < -0.3 is 15.5 Å². The molecule has 0 unspecified atom stereocenters. The summed E-state index contributed by atoms with van der Waals surface area (Å²) in [6.45, 7) is 6.88. The summed E-state index contributed by atoms with van der Waals surface area (Å²) in [5.74, 6) is -0.0369. The van der Waals surface area contributed by atoms with Crippen molar-refractivity contribution in [1.29, 1.82) is 0 Å². The highest BCUT2D eigenvalue weighted by atomic mass is 35.5. The van der Waals surface area contributed by atoms with Gasteiger partial charge in [-0.3, -0.25) is 4.79 Å². The molecule has 1 aliphatic heterocycles. The lowest BCUT2D eigenvalue weighted by Crippen LogP contribution is -2.60. The van der Waals surface area contributed by atoms with Gasteiger partial charge in [0.25, 0.3) is 0 Å². The molecule has 1 aromatic rings. The average Bonchev–Trinajstić information content (AvgIpc) is 2.48. The molecule has 0 saturated carbocycles. The molecule has 5 nitrogen and oxygen atoms in total. The van der Waals surface area contributed by atoms with E-state index in [1.807, 2.05) is 26.8 Å². The van der Waals surface area contributed by atoms with E-state index >= 15 is 0 Å². The van der Waals surface area contributed by atoms with Gasteiger partial charge in [0.15, 0.2) is 0 Å². The van der Waals surface area contributed by atoms with Crippen LogP contribution in [0.1, 0.15) is 26.3 Å². The highest BCUT2D eigenvalue weighted by Crippen LogP contribution is 2.23. The normalized spacial score (nSPS) is 18.3. The Morgan fingerprint density at radius 3 is 2.86 bits per heavy atom. The third-order valence-corrected chi connectivity index (χ3v) is 4.07. The van der Waals surface area contributed by atoms with Crippen LogP contribution in [0.25, 0.3) is 0 Å². The minimum absolute atomic E-state index is 0.0573. The van der Waals surface area contributed by atoms with E-state index in [1.54, 1.807) is 17.0 Å². The first-order valence-electron chi connectivity index (χ1n) is 7.57. The van der Waals surface area contributed by atoms with Crippen LogP contribution in [-0.4, -0.2) is 36.0 Å². The van der Waals surface area contributed by atoms with Crippen LogP contribution >= 0.6 is 11.6 Å². The fourth-order valence-corrected chi connectivity index (χ4v) is 2.93. The summed E-state index contributed by atoms with van der Waals surface area (Å²) in [6.07, 6.45) is 0.768. The van der Waals surface area contributed by atoms with Crippen LogP contribution < -0.4 is 10.6 Å². The zero-order valence-corrected chi connectivity index (χ0v) is 13.9. The molecule has 0 aliphatic carbocycles. The molecule has 0 radical (unpaired) electrons. The zero-order valence-electron chi connectivity index (χ0n) is 13.1. The maximum Gasteiger partial charge on any atom is 0.322 e. The Morgan fingerprint density at radius 2 is 2.23 bits per heavy atom. The van der Waals surface area contributed by atoms with E-state index in [-0.39, 0.29) is 17.9 Å². The van der Waals surface area contributed by atoms with Gasteiger partial charge in [-0.15, -0.1) is 0 Å². The molecule has 22 heavy (non-hydrogen) atoms. The molecule has 1 atom stereocenters. The topological polar surface area (TPSA) is 61.4 Å². The molecule has 2 N–H and O–H groups in total. The average molecular weight is 324 g/mol. The van der Waals surface area contributed by atoms with Gasteiger partial charge >= 0.3 is 6.03 Å². The number of hydrogen-bond donors (Lipinski definition) is 2. The van der Waals surface area contributed by atoms with Crippen LogP contribution in [0.4, 0.5) is 10.5 Å². The monoisotopic (exact) mass is 323 g/mol. The maximum absolute atomic E-state index is 12.6. The third kappa shape index (κ3) is 3.53. The van der Waals surface area contributed by atoms with Crippen molar-refractivity contribution < 1.29 is 9.59 Å². The number of aryl methyl sites for hydroxylation is 1. The fraction of sp³-hybridized carbons (Fsp3) is 0.500. The Balaban J connectivity index is 2.19. The molecule has 1 saturated heterocycles. The predicted octanol–water partition coefficient (Wildman–Crippen LogP) is 2.89. The molecule has 120 valence electrons. The van der Waals surface area contributed by atoms with Crippen molar-refractivity contribution in [2.75, 3.05) is 18.4 Å².